The topological polar surface area (TPSA) is 86.8 Å². The Labute approximate surface area is 228 Å². The molecule has 0 heterocycles. The van der Waals surface area contributed by atoms with Crippen molar-refractivity contribution in [1.82, 2.24) is 14.5 Å². The van der Waals surface area contributed by atoms with Crippen molar-refractivity contribution in [3.63, 3.8) is 0 Å². The van der Waals surface area contributed by atoms with Gasteiger partial charge in [-0.2, -0.15) is 4.31 Å². The summed E-state index contributed by atoms with van der Waals surface area (Å²) in [4.78, 5) is 28.3. The number of halogens is 2. The molecule has 0 saturated heterocycles. The van der Waals surface area contributed by atoms with Gasteiger partial charge in [0.1, 0.15) is 11.9 Å². The van der Waals surface area contributed by atoms with Gasteiger partial charge < -0.3 is 10.2 Å². The van der Waals surface area contributed by atoms with E-state index in [4.69, 9.17) is 11.6 Å². The number of hydrogen-bond acceptors (Lipinski definition) is 4. The molecule has 1 unspecified atom stereocenters. The molecule has 10 heteroatoms. The van der Waals surface area contributed by atoms with Crippen LogP contribution in [-0.2, 0) is 32.6 Å². The lowest BCUT2D eigenvalue weighted by molar-refractivity contribution is -0.141. The predicted octanol–water partition coefficient (Wildman–Crippen LogP) is 4.26. The molecule has 0 fully saturated rings. The summed E-state index contributed by atoms with van der Waals surface area (Å²) in [6.07, 6.45) is 0.160. The normalized spacial score (nSPS) is 12.4. The van der Waals surface area contributed by atoms with Crippen molar-refractivity contribution in [3.05, 3.63) is 101 Å². The Hall–Kier alpha value is -3.27. The molecule has 3 aromatic carbocycles. The van der Waals surface area contributed by atoms with Gasteiger partial charge in [-0.3, -0.25) is 9.59 Å². The van der Waals surface area contributed by atoms with E-state index in [-0.39, 0.29) is 29.5 Å². The molecule has 2 amide bonds. The van der Waals surface area contributed by atoms with Gasteiger partial charge in [0.05, 0.1) is 11.4 Å². The Morgan fingerprint density at radius 1 is 0.947 bits per heavy atom. The first-order valence-electron chi connectivity index (χ1n) is 12.1. The van der Waals surface area contributed by atoms with E-state index in [0.29, 0.717) is 5.02 Å². The van der Waals surface area contributed by atoms with Crippen LogP contribution in [0.1, 0.15) is 25.0 Å². The first kappa shape index (κ1) is 29.3. The fraction of sp³-hybridized carbons (Fsp3) is 0.286. The lowest BCUT2D eigenvalue weighted by Crippen LogP contribution is -2.54. The van der Waals surface area contributed by atoms with Crippen molar-refractivity contribution in [1.29, 1.82) is 0 Å². The van der Waals surface area contributed by atoms with E-state index in [0.717, 1.165) is 9.87 Å². The summed E-state index contributed by atoms with van der Waals surface area (Å²) >= 11 is 5.89. The van der Waals surface area contributed by atoms with Crippen LogP contribution >= 0.6 is 11.6 Å². The molecule has 0 aliphatic rings. The Balaban J connectivity index is 1.98. The molecule has 0 saturated carbocycles. The van der Waals surface area contributed by atoms with Crippen LogP contribution in [0.4, 0.5) is 4.39 Å². The van der Waals surface area contributed by atoms with Gasteiger partial charge in [-0.15, -0.1) is 0 Å². The van der Waals surface area contributed by atoms with E-state index in [1.807, 2.05) is 30.3 Å². The molecule has 38 heavy (non-hydrogen) atoms. The smallest absolute Gasteiger partial charge is 0.243 e. The largest absolute Gasteiger partial charge is 0.352 e. The van der Waals surface area contributed by atoms with Crippen molar-refractivity contribution in [2.75, 3.05) is 13.6 Å². The Kier molecular flexibility index (Phi) is 10.0. The number of nitrogens with zero attached hydrogens (tertiary/aromatic N) is 2. The SMILES string of the molecule is CC(C)NC(=O)C(Cc1ccccc1)N(Cc1ccccc1F)C(=O)CN(C)S(=O)(=O)c1ccc(Cl)cc1. The highest BCUT2D eigenvalue weighted by Gasteiger charge is 2.33. The summed E-state index contributed by atoms with van der Waals surface area (Å²) < 4.78 is 41.8. The van der Waals surface area contributed by atoms with Crippen molar-refractivity contribution >= 4 is 33.4 Å². The number of carbonyl (C=O) groups excluding carboxylic acids is 2. The predicted molar refractivity (Wildman–Crippen MR) is 145 cm³/mol. The van der Waals surface area contributed by atoms with Crippen LogP contribution in [0.5, 0.6) is 0 Å². The molecule has 0 bridgehead atoms. The van der Waals surface area contributed by atoms with Crippen LogP contribution in [0.2, 0.25) is 5.02 Å². The molecule has 0 spiro atoms. The summed E-state index contributed by atoms with van der Waals surface area (Å²) in [6.45, 7) is 2.82. The number of rotatable bonds is 11. The minimum Gasteiger partial charge on any atom is -0.352 e. The van der Waals surface area contributed by atoms with Crippen molar-refractivity contribution in [2.24, 2.45) is 0 Å². The number of hydrogen-bond donors (Lipinski definition) is 1. The first-order valence-corrected chi connectivity index (χ1v) is 13.9. The molecule has 3 rings (SSSR count). The lowest BCUT2D eigenvalue weighted by atomic mass is 10.0. The zero-order valence-electron chi connectivity index (χ0n) is 21.5. The van der Waals surface area contributed by atoms with Gasteiger partial charge in [-0.25, -0.2) is 12.8 Å². The monoisotopic (exact) mass is 559 g/mol. The molecule has 0 aromatic heterocycles. The first-order chi connectivity index (χ1) is 18.0. The molecule has 202 valence electrons. The number of sulfonamides is 1. The molecule has 0 aliphatic heterocycles. The lowest BCUT2D eigenvalue weighted by Gasteiger charge is -2.33. The summed E-state index contributed by atoms with van der Waals surface area (Å²) in [5.74, 6) is -1.60. The van der Waals surface area contributed by atoms with Gasteiger partial charge in [-0.05, 0) is 49.7 Å². The van der Waals surface area contributed by atoms with E-state index in [1.165, 1.54) is 54.4 Å². The average Bonchev–Trinajstić information content (AvgIpc) is 2.87. The fourth-order valence-electron chi connectivity index (χ4n) is 3.90. The standard InChI is InChI=1S/C28H31ClFN3O4S/c1-20(2)31-28(35)26(17-21-9-5-4-6-10-21)33(18-22-11-7-8-12-25(22)30)27(34)19-32(3)38(36,37)24-15-13-23(29)14-16-24/h4-16,20,26H,17-19H2,1-3H3,(H,31,35). The van der Waals surface area contributed by atoms with Crippen LogP contribution in [0.15, 0.2) is 83.8 Å². The Bertz CT molecular complexity index is 1350. The maximum Gasteiger partial charge on any atom is 0.243 e. The maximum absolute atomic E-state index is 14.7. The summed E-state index contributed by atoms with van der Waals surface area (Å²) in [7, 11) is -2.76. The number of benzene rings is 3. The average molecular weight is 560 g/mol. The van der Waals surface area contributed by atoms with Gasteiger partial charge in [-0.1, -0.05) is 60.1 Å². The summed E-state index contributed by atoms with van der Waals surface area (Å²) in [6, 6.07) is 19.5. The van der Waals surface area contributed by atoms with Crippen LogP contribution in [0, 0.1) is 5.82 Å². The van der Waals surface area contributed by atoms with Crippen LogP contribution in [-0.4, -0.2) is 55.1 Å². The van der Waals surface area contributed by atoms with Gasteiger partial charge in [0.25, 0.3) is 0 Å². The molecule has 1 N–H and O–H groups in total. The summed E-state index contributed by atoms with van der Waals surface area (Å²) in [5.41, 5.74) is 1.00. The summed E-state index contributed by atoms with van der Waals surface area (Å²) in [5, 5.41) is 3.22. The van der Waals surface area contributed by atoms with E-state index in [2.05, 4.69) is 5.32 Å². The molecular weight excluding hydrogens is 529 g/mol. The molecule has 0 radical (unpaired) electrons. The number of likely N-dealkylation sites (N-methyl/N-ethyl adjacent to an activating group) is 1. The number of amides is 2. The zero-order valence-corrected chi connectivity index (χ0v) is 23.0. The van der Waals surface area contributed by atoms with Gasteiger partial charge in [0.15, 0.2) is 0 Å². The van der Waals surface area contributed by atoms with Gasteiger partial charge in [0, 0.05) is 36.6 Å². The second-order valence-electron chi connectivity index (χ2n) is 9.20. The quantitative estimate of drug-likeness (QED) is 0.380. The van der Waals surface area contributed by atoms with Gasteiger partial charge >= 0.3 is 0 Å². The third-order valence-corrected chi connectivity index (χ3v) is 7.95. The molecule has 3 aromatic rings. The highest BCUT2D eigenvalue weighted by Crippen LogP contribution is 2.20. The van der Waals surface area contributed by atoms with Crippen LogP contribution in [0.3, 0.4) is 0 Å². The minimum absolute atomic E-state index is 0.0313. The third kappa shape index (κ3) is 7.63. The van der Waals surface area contributed by atoms with E-state index < -0.39 is 40.2 Å². The van der Waals surface area contributed by atoms with E-state index >= 15 is 0 Å². The Morgan fingerprint density at radius 2 is 1.55 bits per heavy atom. The second kappa shape index (κ2) is 13.0. The van der Waals surface area contributed by atoms with E-state index in [1.54, 1.807) is 19.9 Å². The van der Waals surface area contributed by atoms with Crippen LogP contribution < -0.4 is 5.32 Å². The molecular formula is C28H31ClFN3O4S. The molecule has 0 aliphatic carbocycles. The van der Waals surface area contributed by atoms with Crippen molar-refractivity contribution in [3.8, 4) is 0 Å². The molecule has 7 nitrogen and oxygen atoms in total. The number of nitrogens with one attached hydrogen (secondary N) is 1. The minimum atomic E-state index is -4.04. The van der Waals surface area contributed by atoms with E-state index in [9.17, 15) is 22.4 Å². The highest BCUT2D eigenvalue weighted by atomic mass is 35.5. The number of carbonyl (C=O) groups is 2. The Morgan fingerprint density at radius 3 is 2.16 bits per heavy atom. The van der Waals surface area contributed by atoms with Gasteiger partial charge in [0.2, 0.25) is 21.8 Å². The molecule has 1 atom stereocenters. The second-order valence-corrected chi connectivity index (χ2v) is 11.7. The van der Waals surface area contributed by atoms with Crippen molar-refractivity contribution < 1.29 is 22.4 Å². The maximum atomic E-state index is 14.7. The van der Waals surface area contributed by atoms with Crippen LogP contribution in [0.25, 0.3) is 0 Å². The third-order valence-electron chi connectivity index (χ3n) is 5.88. The highest BCUT2D eigenvalue weighted by molar-refractivity contribution is 7.89. The van der Waals surface area contributed by atoms with Crippen molar-refractivity contribution in [2.45, 2.75) is 43.8 Å². The fourth-order valence-corrected chi connectivity index (χ4v) is 5.14. The zero-order chi connectivity index (χ0) is 27.9.